The van der Waals surface area contributed by atoms with Crippen LogP contribution in [0.3, 0.4) is 0 Å². The van der Waals surface area contributed by atoms with Crippen molar-refractivity contribution in [2.24, 2.45) is 5.92 Å². The molecular formula is C11H12BrFO. The van der Waals surface area contributed by atoms with Crippen LogP contribution in [0, 0.1) is 11.7 Å². The summed E-state index contributed by atoms with van der Waals surface area (Å²) in [6.45, 7) is 3.88. The standard InChI is InChI=1S/C11H12BrFO/c1-7(2)5-11(14)9-4-3-8(12)6-10(9)13/h3-4,6-7H,5H2,1-2H3. The fourth-order valence-electron chi connectivity index (χ4n) is 1.20. The number of benzene rings is 1. The van der Waals surface area contributed by atoms with Gasteiger partial charge in [-0.25, -0.2) is 4.39 Å². The molecule has 0 aromatic heterocycles. The summed E-state index contributed by atoms with van der Waals surface area (Å²) in [4.78, 5) is 11.5. The Bertz CT molecular complexity index is 347. The van der Waals surface area contributed by atoms with Gasteiger partial charge in [0, 0.05) is 10.9 Å². The number of rotatable bonds is 3. The molecule has 0 N–H and O–H groups in total. The van der Waals surface area contributed by atoms with Crippen molar-refractivity contribution < 1.29 is 9.18 Å². The van der Waals surface area contributed by atoms with Crippen LogP contribution in [-0.4, -0.2) is 5.78 Å². The molecule has 0 radical (unpaired) electrons. The van der Waals surface area contributed by atoms with Gasteiger partial charge in [0.1, 0.15) is 5.82 Å². The Kier molecular flexibility index (Phi) is 3.81. The molecule has 0 spiro atoms. The second-order valence-electron chi connectivity index (χ2n) is 3.65. The van der Waals surface area contributed by atoms with Crippen LogP contribution in [-0.2, 0) is 0 Å². The van der Waals surface area contributed by atoms with Crippen molar-refractivity contribution in [3.63, 3.8) is 0 Å². The average Bonchev–Trinajstić information content (AvgIpc) is 2.01. The summed E-state index contributed by atoms with van der Waals surface area (Å²) in [6.07, 6.45) is 0.387. The summed E-state index contributed by atoms with van der Waals surface area (Å²) in [5.74, 6) is -0.333. The van der Waals surface area contributed by atoms with Gasteiger partial charge in [0.15, 0.2) is 5.78 Å². The molecule has 0 atom stereocenters. The van der Waals surface area contributed by atoms with Gasteiger partial charge < -0.3 is 0 Å². The highest BCUT2D eigenvalue weighted by Gasteiger charge is 2.12. The Morgan fingerprint density at radius 1 is 1.50 bits per heavy atom. The first kappa shape index (κ1) is 11.4. The van der Waals surface area contributed by atoms with Gasteiger partial charge in [0.2, 0.25) is 0 Å². The summed E-state index contributed by atoms with van der Waals surface area (Å²) in [5.41, 5.74) is 0.182. The Morgan fingerprint density at radius 2 is 2.14 bits per heavy atom. The van der Waals surface area contributed by atoms with E-state index in [9.17, 15) is 9.18 Å². The summed E-state index contributed by atoms with van der Waals surface area (Å²) in [5, 5.41) is 0. The topological polar surface area (TPSA) is 17.1 Å². The van der Waals surface area contributed by atoms with E-state index >= 15 is 0 Å². The summed E-state index contributed by atoms with van der Waals surface area (Å²) < 4.78 is 13.9. The Morgan fingerprint density at radius 3 is 2.64 bits per heavy atom. The first-order valence-electron chi connectivity index (χ1n) is 4.49. The highest BCUT2D eigenvalue weighted by atomic mass is 79.9. The van der Waals surface area contributed by atoms with Crippen LogP contribution in [0.2, 0.25) is 0 Å². The van der Waals surface area contributed by atoms with Crippen molar-refractivity contribution in [2.45, 2.75) is 20.3 Å². The average molecular weight is 259 g/mol. The molecule has 0 fully saturated rings. The van der Waals surface area contributed by atoms with Crippen molar-refractivity contribution in [1.29, 1.82) is 0 Å². The van der Waals surface area contributed by atoms with Crippen molar-refractivity contribution in [2.75, 3.05) is 0 Å². The summed E-state index contributed by atoms with van der Waals surface area (Å²) in [7, 11) is 0. The lowest BCUT2D eigenvalue weighted by molar-refractivity contribution is 0.0964. The molecule has 0 unspecified atom stereocenters. The Balaban J connectivity index is 2.90. The number of carbonyl (C=O) groups is 1. The number of hydrogen-bond acceptors (Lipinski definition) is 1. The first-order valence-corrected chi connectivity index (χ1v) is 5.28. The van der Waals surface area contributed by atoms with E-state index in [1.807, 2.05) is 13.8 Å². The molecule has 0 aliphatic carbocycles. The number of carbonyl (C=O) groups excluding carboxylic acids is 1. The summed E-state index contributed by atoms with van der Waals surface area (Å²) >= 11 is 3.14. The third-order valence-corrected chi connectivity index (χ3v) is 2.32. The van der Waals surface area contributed by atoms with Crippen LogP contribution in [0.1, 0.15) is 30.6 Å². The van der Waals surface area contributed by atoms with Crippen LogP contribution in [0.5, 0.6) is 0 Å². The van der Waals surface area contributed by atoms with Gasteiger partial charge in [0.05, 0.1) is 5.56 Å². The van der Waals surface area contributed by atoms with Crippen LogP contribution in [0.4, 0.5) is 4.39 Å². The quantitative estimate of drug-likeness (QED) is 0.754. The van der Waals surface area contributed by atoms with Crippen LogP contribution < -0.4 is 0 Å². The lowest BCUT2D eigenvalue weighted by atomic mass is 10.0. The predicted molar refractivity (Wildman–Crippen MR) is 57.9 cm³/mol. The van der Waals surface area contributed by atoms with Crippen LogP contribution >= 0.6 is 15.9 Å². The van der Waals surface area contributed by atoms with E-state index in [2.05, 4.69) is 15.9 Å². The fourth-order valence-corrected chi connectivity index (χ4v) is 1.53. The molecule has 0 saturated heterocycles. The maximum atomic E-state index is 13.3. The van der Waals surface area contributed by atoms with Gasteiger partial charge >= 0.3 is 0 Å². The van der Waals surface area contributed by atoms with E-state index in [-0.39, 0.29) is 17.3 Å². The smallest absolute Gasteiger partial charge is 0.166 e. The molecule has 0 heterocycles. The normalized spacial score (nSPS) is 10.6. The number of ketones is 1. The van der Waals surface area contributed by atoms with Gasteiger partial charge in [-0.3, -0.25) is 4.79 Å². The minimum atomic E-state index is -0.454. The Labute approximate surface area is 91.5 Å². The van der Waals surface area contributed by atoms with E-state index in [0.717, 1.165) is 0 Å². The number of hydrogen-bond donors (Lipinski definition) is 0. The van der Waals surface area contributed by atoms with Gasteiger partial charge in [-0.2, -0.15) is 0 Å². The van der Waals surface area contributed by atoms with Gasteiger partial charge in [-0.1, -0.05) is 29.8 Å². The van der Waals surface area contributed by atoms with E-state index in [1.54, 1.807) is 6.07 Å². The van der Waals surface area contributed by atoms with E-state index in [1.165, 1.54) is 12.1 Å². The molecular weight excluding hydrogens is 247 g/mol. The second kappa shape index (κ2) is 4.69. The molecule has 0 bridgehead atoms. The Hall–Kier alpha value is -0.700. The molecule has 1 nitrogen and oxygen atoms in total. The molecule has 1 aromatic carbocycles. The minimum absolute atomic E-state index is 0.134. The lowest BCUT2D eigenvalue weighted by Crippen LogP contribution is -2.05. The molecule has 1 rings (SSSR count). The van der Waals surface area contributed by atoms with E-state index < -0.39 is 5.82 Å². The molecule has 0 amide bonds. The SMILES string of the molecule is CC(C)CC(=O)c1ccc(Br)cc1F. The van der Waals surface area contributed by atoms with Crippen molar-refractivity contribution in [3.8, 4) is 0 Å². The van der Waals surface area contributed by atoms with Gasteiger partial charge in [-0.15, -0.1) is 0 Å². The maximum Gasteiger partial charge on any atom is 0.166 e. The highest BCUT2D eigenvalue weighted by Crippen LogP contribution is 2.17. The molecule has 0 aliphatic heterocycles. The molecule has 1 aromatic rings. The third-order valence-electron chi connectivity index (χ3n) is 1.83. The molecule has 0 aliphatic rings. The zero-order valence-corrected chi connectivity index (χ0v) is 9.77. The lowest BCUT2D eigenvalue weighted by Gasteiger charge is -2.05. The van der Waals surface area contributed by atoms with Crippen molar-refractivity contribution in [1.82, 2.24) is 0 Å². The van der Waals surface area contributed by atoms with Gasteiger partial charge in [0.25, 0.3) is 0 Å². The van der Waals surface area contributed by atoms with Gasteiger partial charge in [-0.05, 0) is 24.1 Å². The molecule has 0 saturated carbocycles. The third kappa shape index (κ3) is 2.91. The summed E-state index contributed by atoms with van der Waals surface area (Å²) in [6, 6.07) is 4.51. The highest BCUT2D eigenvalue weighted by molar-refractivity contribution is 9.10. The second-order valence-corrected chi connectivity index (χ2v) is 4.56. The van der Waals surface area contributed by atoms with Crippen LogP contribution in [0.25, 0.3) is 0 Å². The predicted octanol–water partition coefficient (Wildman–Crippen LogP) is 3.82. The molecule has 3 heteroatoms. The monoisotopic (exact) mass is 258 g/mol. The van der Waals surface area contributed by atoms with Crippen molar-refractivity contribution >= 4 is 21.7 Å². The first-order chi connectivity index (χ1) is 6.50. The largest absolute Gasteiger partial charge is 0.294 e. The molecule has 14 heavy (non-hydrogen) atoms. The molecule has 76 valence electrons. The zero-order valence-electron chi connectivity index (χ0n) is 8.18. The van der Waals surface area contributed by atoms with E-state index in [0.29, 0.717) is 10.9 Å². The minimum Gasteiger partial charge on any atom is -0.294 e. The number of Topliss-reactive ketones (excluding diaryl/α,β-unsaturated/α-hetero) is 1. The zero-order chi connectivity index (χ0) is 10.7. The fraction of sp³-hybridized carbons (Fsp3) is 0.364. The maximum absolute atomic E-state index is 13.3. The van der Waals surface area contributed by atoms with Crippen LogP contribution in [0.15, 0.2) is 22.7 Å². The number of halogens is 2. The van der Waals surface area contributed by atoms with Crippen molar-refractivity contribution in [3.05, 3.63) is 34.1 Å². The van der Waals surface area contributed by atoms with E-state index in [4.69, 9.17) is 0 Å².